The van der Waals surface area contributed by atoms with E-state index in [1.54, 1.807) is 0 Å². The van der Waals surface area contributed by atoms with E-state index in [0.717, 1.165) is 33.6 Å². The number of ether oxygens (including phenoxy) is 5. The molecule has 1 heterocycles. The minimum atomic E-state index is -1.36. The Morgan fingerprint density at radius 2 is 1.40 bits per heavy atom. The summed E-state index contributed by atoms with van der Waals surface area (Å²) in [5.41, 5.74) is 0. The molecule has 1 aliphatic carbocycles. The molecule has 5 atom stereocenters. The second-order valence-corrected chi connectivity index (χ2v) is 7.34. The van der Waals surface area contributed by atoms with E-state index >= 15 is 0 Å². The zero-order valence-electron chi connectivity index (χ0n) is 17.4. The summed E-state index contributed by atoms with van der Waals surface area (Å²) in [6.07, 6.45) is -2.79. The van der Waals surface area contributed by atoms with Gasteiger partial charge in [0.1, 0.15) is 18.8 Å². The lowest BCUT2D eigenvalue weighted by atomic mass is 9.95. The van der Waals surface area contributed by atoms with E-state index in [1.807, 2.05) is 0 Å². The summed E-state index contributed by atoms with van der Waals surface area (Å²) < 4.78 is 26.5. The number of rotatable bonds is 8. The number of nitrogens with one attached hydrogen (secondary N) is 1. The first-order valence-electron chi connectivity index (χ1n) is 9.66. The zero-order chi connectivity index (χ0) is 22.4. The Labute approximate surface area is 173 Å². The van der Waals surface area contributed by atoms with Crippen molar-refractivity contribution < 1.29 is 47.7 Å². The Morgan fingerprint density at radius 3 is 1.90 bits per heavy atom. The lowest BCUT2D eigenvalue weighted by molar-refractivity contribution is -0.271. The third-order valence-electron chi connectivity index (χ3n) is 4.48. The summed E-state index contributed by atoms with van der Waals surface area (Å²) in [7, 11) is 0. The van der Waals surface area contributed by atoms with Crippen molar-refractivity contribution in [3.05, 3.63) is 0 Å². The molecule has 11 heteroatoms. The van der Waals surface area contributed by atoms with Crippen LogP contribution in [0.5, 0.6) is 0 Å². The molecule has 11 nitrogen and oxygen atoms in total. The van der Waals surface area contributed by atoms with Crippen molar-refractivity contribution in [2.75, 3.05) is 6.61 Å². The summed E-state index contributed by atoms with van der Waals surface area (Å²) >= 11 is 0. The Hall–Kier alpha value is -2.69. The molecule has 2 aliphatic rings. The Kier molecular flexibility index (Phi) is 8.16. The lowest BCUT2D eigenvalue weighted by Gasteiger charge is -2.44. The van der Waals surface area contributed by atoms with Gasteiger partial charge in [-0.15, -0.1) is 0 Å². The van der Waals surface area contributed by atoms with Crippen LogP contribution in [0.3, 0.4) is 0 Å². The fourth-order valence-corrected chi connectivity index (χ4v) is 3.15. The van der Waals surface area contributed by atoms with Crippen LogP contribution in [0, 0.1) is 5.92 Å². The standard InChI is InChI=1S/C19H27NO10/c1-9(21)26-8-14-17(27-10(2)22)18(28-11(3)23)16(19(30-14)29-12(4)24)20-15(25)7-13-5-6-13/h13-14,16-19H,5-8H2,1-4H3,(H,20,25)/t14-,16+,17-,18-,19?/m1/s1. The minimum absolute atomic E-state index is 0.255. The van der Waals surface area contributed by atoms with Gasteiger partial charge in [-0.1, -0.05) is 0 Å². The van der Waals surface area contributed by atoms with E-state index in [4.69, 9.17) is 23.7 Å². The van der Waals surface area contributed by atoms with Crippen LogP contribution in [0.15, 0.2) is 0 Å². The fraction of sp³-hybridized carbons (Fsp3) is 0.737. The molecule has 1 aliphatic heterocycles. The monoisotopic (exact) mass is 429 g/mol. The molecule has 2 rings (SSSR count). The molecule has 1 saturated heterocycles. The van der Waals surface area contributed by atoms with Gasteiger partial charge >= 0.3 is 23.9 Å². The second kappa shape index (κ2) is 10.4. The molecule has 0 aromatic carbocycles. The predicted molar refractivity (Wildman–Crippen MR) is 97.4 cm³/mol. The van der Waals surface area contributed by atoms with Crippen LogP contribution in [0.1, 0.15) is 47.0 Å². The molecule has 1 N–H and O–H groups in total. The molecule has 1 saturated carbocycles. The second-order valence-electron chi connectivity index (χ2n) is 7.34. The van der Waals surface area contributed by atoms with Gasteiger partial charge in [0.2, 0.25) is 12.2 Å². The number of carbonyl (C=O) groups excluding carboxylic acids is 5. The molecule has 30 heavy (non-hydrogen) atoms. The highest BCUT2D eigenvalue weighted by molar-refractivity contribution is 5.77. The average molecular weight is 429 g/mol. The fourth-order valence-electron chi connectivity index (χ4n) is 3.15. The highest BCUT2D eigenvalue weighted by atomic mass is 16.7. The SMILES string of the molecule is CC(=O)OC[C@H]1OC(OC(C)=O)[C@@H](NC(=O)CC2CC2)[C@@H](OC(C)=O)[C@@H]1OC(C)=O. The van der Waals surface area contributed by atoms with E-state index in [2.05, 4.69) is 5.32 Å². The van der Waals surface area contributed by atoms with Crippen molar-refractivity contribution in [2.45, 2.75) is 77.6 Å². The lowest BCUT2D eigenvalue weighted by Crippen LogP contribution is -2.67. The van der Waals surface area contributed by atoms with Crippen LogP contribution in [-0.2, 0) is 47.7 Å². The molecule has 1 amide bonds. The molecule has 0 aromatic rings. The topological polar surface area (TPSA) is 144 Å². The highest BCUT2D eigenvalue weighted by Crippen LogP contribution is 2.33. The van der Waals surface area contributed by atoms with Gasteiger partial charge in [0.25, 0.3) is 0 Å². The summed E-state index contributed by atoms with van der Waals surface area (Å²) in [5, 5.41) is 2.67. The number of hydrogen-bond acceptors (Lipinski definition) is 10. The predicted octanol–water partition coefficient (Wildman–Crippen LogP) is -0.0142. The van der Waals surface area contributed by atoms with Gasteiger partial charge in [0.05, 0.1) is 0 Å². The minimum Gasteiger partial charge on any atom is -0.463 e. The average Bonchev–Trinajstić information content (AvgIpc) is 3.41. The van der Waals surface area contributed by atoms with E-state index in [-0.39, 0.29) is 24.9 Å². The van der Waals surface area contributed by atoms with Crippen molar-refractivity contribution in [3.8, 4) is 0 Å². The van der Waals surface area contributed by atoms with Gasteiger partial charge in [0, 0.05) is 34.1 Å². The van der Waals surface area contributed by atoms with E-state index < -0.39 is 54.5 Å². The van der Waals surface area contributed by atoms with E-state index in [0.29, 0.717) is 0 Å². The van der Waals surface area contributed by atoms with Crippen molar-refractivity contribution in [1.82, 2.24) is 5.32 Å². The molecule has 2 fully saturated rings. The first-order valence-corrected chi connectivity index (χ1v) is 9.66. The Balaban J connectivity index is 2.33. The molecular weight excluding hydrogens is 402 g/mol. The van der Waals surface area contributed by atoms with Crippen LogP contribution in [0.25, 0.3) is 0 Å². The van der Waals surface area contributed by atoms with Crippen LogP contribution in [0.2, 0.25) is 0 Å². The van der Waals surface area contributed by atoms with Crippen molar-refractivity contribution in [2.24, 2.45) is 5.92 Å². The first kappa shape index (κ1) is 23.6. The molecule has 0 radical (unpaired) electrons. The van der Waals surface area contributed by atoms with Gasteiger partial charge in [-0.25, -0.2) is 0 Å². The largest absolute Gasteiger partial charge is 0.463 e. The van der Waals surface area contributed by atoms with E-state index in [9.17, 15) is 24.0 Å². The number of amides is 1. The maximum Gasteiger partial charge on any atom is 0.305 e. The molecular formula is C19H27NO10. The Bertz CT molecular complexity index is 689. The van der Waals surface area contributed by atoms with Gasteiger partial charge < -0.3 is 29.0 Å². The van der Waals surface area contributed by atoms with Gasteiger partial charge in [0.15, 0.2) is 12.2 Å². The zero-order valence-corrected chi connectivity index (χ0v) is 17.4. The molecule has 0 bridgehead atoms. The smallest absolute Gasteiger partial charge is 0.305 e. The number of carbonyl (C=O) groups is 5. The van der Waals surface area contributed by atoms with Crippen LogP contribution in [0.4, 0.5) is 0 Å². The summed E-state index contributed by atoms with van der Waals surface area (Å²) in [6, 6.07) is -1.14. The molecule has 0 aromatic heterocycles. The van der Waals surface area contributed by atoms with Crippen molar-refractivity contribution in [1.29, 1.82) is 0 Å². The van der Waals surface area contributed by atoms with Crippen molar-refractivity contribution in [3.63, 3.8) is 0 Å². The van der Waals surface area contributed by atoms with Gasteiger partial charge in [-0.3, -0.25) is 24.0 Å². The third kappa shape index (κ3) is 7.29. The van der Waals surface area contributed by atoms with Crippen LogP contribution in [-0.4, -0.2) is 67.0 Å². The molecule has 168 valence electrons. The normalized spacial score (nSPS) is 28.1. The third-order valence-corrected chi connectivity index (χ3v) is 4.48. The van der Waals surface area contributed by atoms with Crippen molar-refractivity contribution >= 4 is 29.8 Å². The first-order chi connectivity index (χ1) is 14.1. The summed E-state index contributed by atoms with van der Waals surface area (Å²) in [6.45, 7) is 4.26. The van der Waals surface area contributed by atoms with Crippen LogP contribution >= 0.6 is 0 Å². The molecule has 1 unspecified atom stereocenters. The molecule has 0 spiro atoms. The number of hydrogen-bond donors (Lipinski definition) is 1. The maximum atomic E-state index is 12.4. The Morgan fingerprint density at radius 1 is 0.833 bits per heavy atom. The summed E-state index contributed by atoms with van der Waals surface area (Å²) in [5.74, 6) is -2.82. The summed E-state index contributed by atoms with van der Waals surface area (Å²) in [4.78, 5) is 58.7. The maximum absolute atomic E-state index is 12.4. The van der Waals surface area contributed by atoms with Gasteiger partial charge in [-0.05, 0) is 18.8 Å². The number of esters is 4. The van der Waals surface area contributed by atoms with Gasteiger partial charge in [-0.2, -0.15) is 0 Å². The van der Waals surface area contributed by atoms with E-state index in [1.165, 1.54) is 6.92 Å². The van der Waals surface area contributed by atoms with Crippen LogP contribution < -0.4 is 5.32 Å². The quantitative estimate of drug-likeness (QED) is 0.413. The highest BCUT2D eigenvalue weighted by Gasteiger charge is 2.52.